The number of hydrogen-bond acceptors (Lipinski definition) is 10. The number of nitrogens with one attached hydrogen (secondary N) is 2. The molecule has 0 bridgehead atoms. The van der Waals surface area contributed by atoms with Gasteiger partial charge in [0, 0.05) is 51.0 Å². The Morgan fingerprint density at radius 1 is 0.586 bits per heavy atom. The SMILES string of the molecule is O=C(N/N=C/c1cc(-c2cnc3c(O)ccc(/C=N/NC(=O)c4ccccc4Oc4ccccc4)c3c2)c(O)c2ncccc12)c1cccc(Oc2ccccc2)c1. The standard InChI is InChI=1S/C46H32N6O6/c53-40-21-20-30(27-49-52-46(56)37-17-7-8-19-41(37)58-34-14-5-2-6-15-34)38-24-31(26-48-42(38)40)39-25-32(36-18-10-22-47-43(36)44(39)54)28-50-51-45(55)29-11-9-16-35(23-29)57-33-12-3-1-4-13-33/h1-28,53-54H,(H,51,55)(H,52,56)/b49-27+,50-28+. The molecule has 0 unspecified atom stereocenters. The van der Waals surface area contributed by atoms with Gasteiger partial charge >= 0.3 is 0 Å². The maximum absolute atomic E-state index is 13.2. The molecule has 8 rings (SSSR count). The third-order valence-corrected chi connectivity index (χ3v) is 8.99. The molecule has 2 heterocycles. The van der Waals surface area contributed by atoms with Gasteiger partial charge in [-0.05, 0) is 84.9 Å². The highest BCUT2D eigenvalue weighted by molar-refractivity contribution is 6.07. The number of hydrogen-bond donors (Lipinski definition) is 4. The molecule has 0 fully saturated rings. The van der Waals surface area contributed by atoms with E-state index in [9.17, 15) is 19.8 Å². The molecule has 0 atom stereocenters. The third-order valence-electron chi connectivity index (χ3n) is 8.99. The molecule has 0 aliphatic carbocycles. The predicted molar refractivity (Wildman–Crippen MR) is 222 cm³/mol. The Labute approximate surface area is 331 Å². The van der Waals surface area contributed by atoms with Crippen molar-refractivity contribution in [2.45, 2.75) is 0 Å². The van der Waals surface area contributed by atoms with Gasteiger partial charge in [-0.25, -0.2) is 10.9 Å². The van der Waals surface area contributed by atoms with Crippen LogP contribution in [-0.4, -0.2) is 44.4 Å². The van der Waals surface area contributed by atoms with Crippen LogP contribution < -0.4 is 20.3 Å². The average molecular weight is 765 g/mol. The number of aromatic nitrogens is 2. The molecule has 6 aromatic carbocycles. The zero-order valence-electron chi connectivity index (χ0n) is 30.5. The molecule has 58 heavy (non-hydrogen) atoms. The second-order valence-corrected chi connectivity index (χ2v) is 12.8. The summed E-state index contributed by atoms with van der Waals surface area (Å²) in [6.45, 7) is 0. The predicted octanol–water partition coefficient (Wildman–Crippen LogP) is 8.97. The van der Waals surface area contributed by atoms with E-state index in [4.69, 9.17) is 9.47 Å². The Hall–Kier alpha value is -8.38. The summed E-state index contributed by atoms with van der Waals surface area (Å²) in [6.07, 6.45) is 5.99. The summed E-state index contributed by atoms with van der Waals surface area (Å²) < 4.78 is 11.8. The monoisotopic (exact) mass is 764 g/mol. The number of para-hydroxylation sites is 3. The molecule has 0 radical (unpaired) electrons. The van der Waals surface area contributed by atoms with Crippen LogP contribution in [0.3, 0.4) is 0 Å². The van der Waals surface area contributed by atoms with E-state index >= 15 is 0 Å². The molecule has 4 N–H and O–H groups in total. The summed E-state index contributed by atoms with van der Waals surface area (Å²) >= 11 is 0. The largest absolute Gasteiger partial charge is 0.506 e. The van der Waals surface area contributed by atoms with Crippen molar-refractivity contribution in [3.05, 3.63) is 180 Å². The lowest BCUT2D eigenvalue weighted by Gasteiger charge is -2.12. The number of pyridine rings is 2. The molecular weight excluding hydrogens is 733 g/mol. The molecule has 282 valence electrons. The second-order valence-electron chi connectivity index (χ2n) is 12.8. The highest BCUT2D eigenvalue weighted by atomic mass is 16.5. The number of amides is 2. The van der Waals surface area contributed by atoms with Crippen LogP contribution in [0, 0.1) is 0 Å². The lowest BCUT2D eigenvalue weighted by atomic mass is 9.97. The van der Waals surface area contributed by atoms with Crippen LogP contribution >= 0.6 is 0 Å². The van der Waals surface area contributed by atoms with Gasteiger partial charge < -0.3 is 19.7 Å². The highest BCUT2D eigenvalue weighted by Crippen LogP contribution is 2.38. The molecule has 0 spiro atoms. The second kappa shape index (κ2) is 16.6. The van der Waals surface area contributed by atoms with Crippen LogP contribution in [0.1, 0.15) is 31.8 Å². The summed E-state index contributed by atoms with van der Waals surface area (Å²) in [5, 5.41) is 31.7. The number of hydrazone groups is 2. The fraction of sp³-hybridized carbons (Fsp3) is 0. The summed E-state index contributed by atoms with van der Waals surface area (Å²) in [5.74, 6) is 0.959. The number of carbonyl (C=O) groups excluding carboxylic acids is 2. The molecular formula is C46H32N6O6. The van der Waals surface area contributed by atoms with Gasteiger partial charge in [0.25, 0.3) is 11.8 Å². The first kappa shape index (κ1) is 36.6. The fourth-order valence-electron chi connectivity index (χ4n) is 6.20. The van der Waals surface area contributed by atoms with Crippen LogP contribution in [0.5, 0.6) is 34.5 Å². The first-order chi connectivity index (χ1) is 28.4. The lowest BCUT2D eigenvalue weighted by Crippen LogP contribution is -2.18. The minimum absolute atomic E-state index is 0.0696. The van der Waals surface area contributed by atoms with Gasteiger partial charge in [0.05, 0.1) is 18.0 Å². The van der Waals surface area contributed by atoms with Gasteiger partial charge in [0.15, 0.2) is 0 Å². The van der Waals surface area contributed by atoms with E-state index in [0.717, 1.165) is 0 Å². The number of rotatable bonds is 11. The number of ether oxygens (including phenoxy) is 2. The van der Waals surface area contributed by atoms with Gasteiger partial charge in [-0.2, -0.15) is 10.2 Å². The number of phenols is 2. The van der Waals surface area contributed by atoms with E-state index in [1.807, 2.05) is 48.5 Å². The molecule has 12 heteroatoms. The van der Waals surface area contributed by atoms with Gasteiger partial charge in [-0.3, -0.25) is 19.6 Å². The van der Waals surface area contributed by atoms with Crippen molar-refractivity contribution >= 4 is 46.0 Å². The number of carbonyl (C=O) groups is 2. The van der Waals surface area contributed by atoms with Crippen molar-refractivity contribution < 1.29 is 29.3 Å². The van der Waals surface area contributed by atoms with Crippen molar-refractivity contribution in [1.82, 2.24) is 20.8 Å². The summed E-state index contributed by atoms with van der Waals surface area (Å²) in [5.41, 5.74) is 8.26. The minimum atomic E-state index is -0.491. The van der Waals surface area contributed by atoms with Crippen LogP contribution in [0.15, 0.2) is 168 Å². The molecule has 0 aliphatic heterocycles. The van der Waals surface area contributed by atoms with Gasteiger partial charge in [-0.1, -0.05) is 60.7 Å². The fourth-order valence-corrected chi connectivity index (χ4v) is 6.20. The maximum Gasteiger partial charge on any atom is 0.275 e. The number of benzene rings is 6. The summed E-state index contributed by atoms with van der Waals surface area (Å²) in [6, 6.07) is 42.0. The third kappa shape index (κ3) is 8.02. The quantitative estimate of drug-likeness (QED) is 0.0748. The molecule has 0 saturated carbocycles. The van der Waals surface area contributed by atoms with Crippen molar-refractivity contribution in [1.29, 1.82) is 0 Å². The average Bonchev–Trinajstić information content (AvgIpc) is 3.26. The zero-order valence-corrected chi connectivity index (χ0v) is 30.5. The first-order valence-electron chi connectivity index (χ1n) is 18.0. The topological polar surface area (TPSA) is 168 Å². The molecule has 8 aromatic rings. The van der Waals surface area contributed by atoms with Crippen LogP contribution in [0.2, 0.25) is 0 Å². The maximum atomic E-state index is 13.2. The molecule has 2 aromatic heterocycles. The Bertz CT molecular complexity index is 2870. The highest BCUT2D eigenvalue weighted by Gasteiger charge is 2.17. The number of nitrogens with zero attached hydrogens (tertiary/aromatic N) is 4. The molecule has 12 nitrogen and oxygen atoms in total. The zero-order chi connectivity index (χ0) is 39.8. The Morgan fingerprint density at radius 2 is 1.28 bits per heavy atom. The molecule has 0 aliphatic rings. The van der Waals surface area contributed by atoms with Crippen LogP contribution in [0.4, 0.5) is 0 Å². The van der Waals surface area contributed by atoms with E-state index in [1.165, 1.54) is 24.7 Å². The van der Waals surface area contributed by atoms with Gasteiger partial charge in [0.2, 0.25) is 0 Å². The van der Waals surface area contributed by atoms with Gasteiger partial charge in [0.1, 0.15) is 45.5 Å². The number of fused-ring (bicyclic) bond motifs is 2. The normalized spacial score (nSPS) is 11.2. The Morgan fingerprint density at radius 3 is 2.07 bits per heavy atom. The van der Waals surface area contributed by atoms with E-state index in [0.29, 0.717) is 67.1 Å². The van der Waals surface area contributed by atoms with Crippen molar-refractivity contribution in [2.24, 2.45) is 10.2 Å². The van der Waals surface area contributed by atoms with Crippen LogP contribution in [0.25, 0.3) is 32.9 Å². The smallest absolute Gasteiger partial charge is 0.275 e. The summed E-state index contributed by atoms with van der Waals surface area (Å²) in [7, 11) is 0. The van der Waals surface area contributed by atoms with Gasteiger partial charge in [-0.15, -0.1) is 0 Å². The van der Waals surface area contributed by atoms with Crippen molar-refractivity contribution in [2.75, 3.05) is 0 Å². The van der Waals surface area contributed by atoms with E-state index < -0.39 is 11.8 Å². The molecule has 2 amide bonds. The van der Waals surface area contributed by atoms with E-state index in [2.05, 4.69) is 31.0 Å². The Kier molecular flexibility index (Phi) is 10.4. The minimum Gasteiger partial charge on any atom is -0.506 e. The van der Waals surface area contributed by atoms with E-state index in [1.54, 1.807) is 97.2 Å². The lowest BCUT2D eigenvalue weighted by molar-refractivity contribution is 0.0945. The number of phenolic OH excluding ortho intramolecular Hbond substituents is 2. The van der Waals surface area contributed by atoms with E-state index in [-0.39, 0.29) is 22.6 Å². The summed E-state index contributed by atoms with van der Waals surface area (Å²) in [4.78, 5) is 35.2. The van der Waals surface area contributed by atoms with Crippen LogP contribution in [-0.2, 0) is 0 Å². The molecule has 0 saturated heterocycles. The van der Waals surface area contributed by atoms with Crippen molar-refractivity contribution in [3.8, 4) is 45.6 Å². The van der Waals surface area contributed by atoms with Crippen molar-refractivity contribution in [3.63, 3.8) is 0 Å². The first-order valence-corrected chi connectivity index (χ1v) is 18.0. The Balaban J connectivity index is 1.05. The number of aromatic hydroxyl groups is 2.